The van der Waals surface area contributed by atoms with Gasteiger partial charge in [0.2, 0.25) is 0 Å². The standard InChI is InChI=1S/C50H46N4O4S2/c1-33-5-19-39(20-6-33)53(41-23-9-35(10-24-41)13-31-45(55)57-3)43-27-15-37(16-28-43)47-51-49-50(59-47)52-48(60-49)38-17-29-44(30-18-38)54(40-21-7-34(2)8-22-40)42-25-11-36(12-26-42)14-32-46(56)58-4/h5-12,15-30,49-50H,13-14,31-32H2,1-4H3. The lowest BCUT2D eigenvalue weighted by molar-refractivity contribution is -0.141. The fraction of sp³-hybridized carbons (Fsp3) is 0.200. The van der Waals surface area contributed by atoms with Crippen molar-refractivity contribution in [1.29, 1.82) is 0 Å². The molecule has 6 aromatic rings. The number of hydrogen-bond acceptors (Lipinski definition) is 10. The van der Waals surface area contributed by atoms with Crippen LogP contribution >= 0.6 is 23.5 Å². The van der Waals surface area contributed by atoms with E-state index in [9.17, 15) is 9.59 Å². The number of thioether (sulfide) groups is 2. The van der Waals surface area contributed by atoms with E-state index < -0.39 is 0 Å². The molecule has 0 fully saturated rings. The van der Waals surface area contributed by atoms with Gasteiger partial charge in [0.05, 0.1) is 14.2 Å². The molecule has 6 aromatic carbocycles. The van der Waals surface area contributed by atoms with Crippen LogP contribution in [0.15, 0.2) is 156 Å². The zero-order valence-corrected chi connectivity index (χ0v) is 35.7. The fourth-order valence-corrected chi connectivity index (χ4v) is 9.70. The van der Waals surface area contributed by atoms with Gasteiger partial charge in [0, 0.05) is 58.1 Å². The van der Waals surface area contributed by atoms with E-state index >= 15 is 0 Å². The van der Waals surface area contributed by atoms with Crippen LogP contribution in [0.5, 0.6) is 0 Å². The molecule has 0 saturated heterocycles. The average Bonchev–Trinajstić information content (AvgIpc) is 3.88. The van der Waals surface area contributed by atoms with Crippen LogP contribution in [-0.2, 0) is 31.9 Å². The highest BCUT2D eigenvalue weighted by Crippen LogP contribution is 2.45. The number of rotatable bonds is 14. The van der Waals surface area contributed by atoms with Gasteiger partial charge in [0.15, 0.2) is 0 Å². The molecule has 0 radical (unpaired) electrons. The minimum Gasteiger partial charge on any atom is -0.469 e. The number of hydrogen-bond donors (Lipinski definition) is 0. The summed E-state index contributed by atoms with van der Waals surface area (Å²) in [4.78, 5) is 38.2. The molecule has 0 amide bonds. The molecule has 2 heterocycles. The van der Waals surface area contributed by atoms with Crippen molar-refractivity contribution in [3.63, 3.8) is 0 Å². The molecule has 2 aliphatic heterocycles. The highest BCUT2D eigenvalue weighted by Gasteiger charge is 2.37. The first kappa shape index (κ1) is 40.7. The van der Waals surface area contributed by atoms with Crippen LogP contribution in [0.2, 0.25) is 0 Å². The van der Waals surface area contributed by atoms with Crippen molar-refractivity contribution in [3.05, 3.63) is 179 Å². The number of esters is 2. The lowest BCUT2D eigenvalue weighted by Crippen LogP contribution is -2.10. The van der Waals surface area contributed by atoms with Gasteiger partial charge in [0.1, 0.15) is 20.8 Å². The molecule has 0 aliphatic carbocycles. The minimum absolute atomic E-state index is 0.0165. The van der Waals surface area contributed by atoms with E-state index in [0.717, 1.165) is 66.5 Å². The molecule has 0 saturated carbocycles. The second-order valence-corrected chi connectivity index (χ2v) is 17.0. The second kappa shape index (κ2) is 18.4. The Bertz CT molecular complexity index is 2330. The molecule has 60 heavy (non-hydrogen) atoms. The summed E-state index contributed by atoms with van der Waals surface area (Å²) in [5, 5.41) is 2.04. The molecular formula is C50H46N4O4S2. The van der Waals surface area contributed by atoms with Crippen molar-refractivity contribution in [2.75, 3.05) is 24.0 Å². The first-order valence-electron chi connectivity index (χ1n) is 20.0. The molecule has 8 nitrogen and oxygen atoms in total. The Morgan fingerprint density at radius 3 is 1.05 bits per heavy atom. The Hall–Kier alpha value is -6.10. The molecule has 2 unspecified atom stereocenters. The van der Waals surface area contributed by atoms with Crippen molar-refractivity contribution in [3.8, 4) is 0 Å². The van der Waals surface area contributed by atoms with Crippen LogP contribution in [0.3, 0.4) is 0 Å². The van der Waals surface area contributed by atoms with Crippen LogP contribution < -0.4 is 9.80 Å². The quantitative estimate of drug-likeness (QED) is 0.100. The van der Waals surface area contributed by atoms with Gasteiger partial charge in [-0.25, -0.2) is 0 Å². The molecule has 2 atom stereocenters. The summed E-state index contributed by atoms with van der Waals surface area (Å²) in [6.45, 7) is 4.19. The summed E-state index contributed by atoms with van der Waals surface area (Å²) in [7, 11) is 2.85. The number of fused-ring (bicyclic) bond motifs is 1. The second-order valence-electron chi connectivity index (χ2n) is 14.8. The third-order valence-corrected chi connectivity index (χ3v) is 13.1. The molecule has 8 rings (SSSR count). The number of aliphatic imine (C=N–C) groups is 2. The maximum atomic E-state index is 11.7. The molecule has 0 spiro atoms. The van der Waals surface area contributed by atoms with Crippen molar-refractivity contribution in [2.24, 2.45) is 9.98 Å². The molecule has 0 bridgehead atoms. The SMILES string of the molecule is COC(=O)CCc1ccc(N(c2ccc(C)cc2)c2ccc(C3=NC4SC(c5ccc(N(c6ccc(C)cc6)c6ccc(CCC(=O)OC)cc6)cc5)=NC4S3)cc2)cc1. The van der Waals surface area contributed by atoms with Crippen LogP contribution in [0.4, 0.5) is 34.1 Å². The third kappa shape index (κ3) is 9.35. The number of anilines is 6. The number of carbonyl (C=O) groups excluding carboxylic acids is 2. The van der Waals surface area contributed by atoms with E-state index in [1.54, 1.807) is 23.5 Å². The van der Waals surface area contributed by atoms with Crippen LogP contribution in [-0.4, -0.2) is 47.0 Å². The Kier molecular flexibility index (Phi) is 12.5. The number of ether oxygens (including phenoxy) is 2. The lowest BCUT2D eigenvalue weighted by atomic mass is 10.1. The summed E-state index contributed by atoms with van der Waals surface area (Å²) in [6.07, 6.45) is 1.98. The van der Waals surface area contributed by atoms with Gasteiger partial charge < -0.3 is 19.3 Å². The Morgan fingerprint density at radius 2 is 0.750 bits per heavy atom. The predicted octanol–water partition coefficient (Wildman–Crippen LogP) is 11.8. The van der Waals surface area contributed by atoms with E-state index in [1.165, 1.54) is 25.3 Å². The summed E-state index contributed by atoms with van der Waals surface area (Å²) in [5.74, 6) is -0.412. The monoisotopic (exact) mass is 830 g/mol. The van der Waals surface area contributed by atoms with Crippen molar-refractivity contribution in [2.45, 2.75) is 50.3 Å². The lowest BCUT2D eigenvalue weighted by Gasteiger charge is -2.26. The minimum atomic E-state index is -0.206. The summed E-state index contributed by atoms with van der Waals surface area (Å²) in [5.41, 5.74) is 13.0. The van der Waals surface area contributed by atoms with Gasteiger partial charge in [-0.15, -0.1) is 0 Å². The summed E-state index contributed by atoms with van der Waals surface area (Å²) < 4.78 is 9.65. The van der Waals surface area contributed by atoms with Crippen LogP contribution in [0.1, 0.15) is 46.2 Å². The molecular weight excluding hydrogens is 785 g/mol. The zero-order valence-electron chi connectivity index (χ0n) is 34.1. The Labute approximate surface area is 360 Å². The average molecular weight is 831 g/mol. The van der Waals surface area contributed by atoms with E-state index in [-0.39, 0.29) is 22.7 Å². The van der Waals surface area contributed by atoms with Crippen molar-refractivity contribution < 1.29 is 19.1 Å². The number of methoxy groups -OCH3 is 2. The van der Waals surface area contributed by atoms with Gasteiger partial charge in [-0.1, -0.05) is 107 Å². The van der Waals surface area contributed by atoms with E-state index in [4.69, 9.17) is 19.5 Å². The number of aryl methyl sites for hydroxylation is 4. The van der Waals surface area contributed by atoms with E-state index in [2.05, 4.69) is 169 Å². The number of nitrogens with zero attached hydrogens (tertiary/aromatic N) is 4. The molecule has 10 heteroatoms. The maximum absolute atomic E-state index is 11.7. The highest BCUT2D eigenvalue weighted by atomic mass is 32.2. The predicted molar refractivity (Wildman–Crippen MR) is 248 cm³/mol. The molecule has 0 aromatic heterocycles. The highest BCUT2D eigenvalue weighted by molar-refractivity contribution is 8.20. The largest absolute Gasteiger partial charge is 0.469 e. The number of benzene rings is 6. The summed E-state index contributed by atoms with van der Waals surface area (Å²) in [6, 6.07) is 51.0. The van der Waals surface area contributed by atoms with Crippen LogP contribution in [0, 0.1) is 13.8 Å². The van der Waals surface area contributed by atoms with Gasteiger partial charge in [-0.3, -0.25) is 19.6 Å². The third-order valence-electron chi connectivity index (χ3n) is 10.6. The summed E-state index contributed by atoms with van der Waals surface area (Å²) >= 11 is 3.45. The Morgan fingerprint density at radius 1 is 0.467 bits per heavy atom. The van der Waals surface area contributed by atoms with Gasteiger partial charge in [-0.05, 0) is 111 Å². The molecule has 0 N–H and O–H groups in total. The van der Waals surface area contributed by atoms with Crippen molar-refractivity contribution >= 4 is 79.7 Å². The fourth-order valence-electron chi connectivity index (χ4n) is 7.21. The van der Waals surface area contributed by atoms with E-state index in [0.29, 0.717) is 25.7 Å². The molecule has 2 aliphatic rings. The Balaban J connectivity index is 0.957. The van der Waals surface area contributed by atoms with Crippen molar-refractivity contribution in [1.82, 2.24) is 0 Å². The zero-order chi connectivity index (χ0) is 41.6. The number of carbonyl (C=O) groups is 2. The van der Waals surface area contributed by atoms with E-state index in [1.807, 2.05) is 0 Å². The topological polar surface area (TPSA) is 83.8 Å². The van der Waals surface area contributed by atoms with Crippen LogP contribution in [0.25, 0.3) is 0 Å². The van der Waals surface area contributed by atoms with Gasteiger partial charge in [0.25, 0.3) is 0 Å². The smallest absolute Gasteiger partial charge is 0.305 e. The van der Waals surface area contributed by atoms with Gasteiger partial charge >= 0.3 is 11.9 Å². The normalized spacial score (nSPS) is 15.5. The molecule has 302 valence electrons. The first-order valence-corrected chi connectivity index (χ1v) is 21.8. The van der Waals surface area contributed by atoms with Gasteiger partial charge in [-0.2, -0.15) is 0 Å². The first-order chi connectivity index (χ1) is 29.2. The maximum Gasteiger partial charge on any atom is 0.305 e.